The van der Waals surface area contributed by atoms with Crippen LogP contribution in [-0.2, 0) is 17.9 Å². The van der Waals surface area contributed by atoms with E-state index in [2.05, 4.69) is 43.2 Å². The van der Waals surface area contributed by atoms with Crippen LogP contribution in [0.25, 0.3) is 0 Å². The minimum atomic E-state index is -0.0933. The number of carbonyl (C=O) groups is 1. The summed E-state index contributed by atoms with van der Waals surface area (Å²) in [6, 6.07) is 13.8. The maximum atomic E-state index is 12.2. The molecule has 2 aromatic heterocycles. The summed E-state index contributed by atoms with van der Waals surface area (Å²) in [6.45, 7) is 6.42. The van der Waals surface area contributed by atoms with Gasteiger partial charge in [0.15, 0.2) is 5.96 Å². The number of carbonyl (C=O) groups excluding carboxylic acids is 1. The maximum Gasteiger partial charge on any atom is 0.227 e. The largest absolute Gasteiger partial charge is 0.357 e. The molecule has 2 heterocycles. The number of aromatic nitrogens is 3. The van der Waals surface area contributed by atoms with Crippen LogP contribution < -0.4 is 16.0 Å². The van der Waals surface area contributed by atoms with E-state index in [1.807, 2.05) is 49.0 Å². The molecule has 3 rings (SSSR count). The van der Waals surface area contributed by atoms with Crippen molar-refractivity contribution in [1.82, 2.24) is 25.4 Å². The van der Waals surface area contributed by atoms with Gasteiger partial charge in [0.05, 0.1) is 13.1 Å². The molecule has 3 aromatic rings. The van der Waals surface area contributed by atoms with Gasteiger partial charge in [0.25, 0.3) is 0 Å². The predicted octanol–water partition coefficient (Wildman–Crippen LogP) is 3.34. The van der Waals surface area contributed by atoms with Crippen LogP contribution in [0.15, 0.2) is 66.0 Å². The van der Waals surface area contributed by atoms with Gasteiger partial charge in [-0.05, 0) is 42.7 Å². The highest BCUT2D eigenvalue weighted by Gasteiger charge is 2.06. The molecule has 0 aliphatic rings. The van der Waals surface area contributed by atoms with E-state index >= 15 is 0 Å². The fraction of sp³-hybridized carbons (Fsp3) is 0.304. The number of guanidine groups is 1. The van der Waals surface area contributed by atoms with Gasteiger partial charge >= 0.3 is 0 Å². The third-order valence-corrected chi connectivity index (χ3v) is 4.59. The topological polar surface area (TPSA) is 96.2 Å². The van der Waals surface area contributed by atoms with Crippen LogP contribution in [0.5, 0.6) is 0 Å². The van der Waals surface area contributed by atoms with E-state index in [1.54, 1.807) is 18.5 Å². The molecule has 0 fully saturated rings. The first-order valence-corrected chi connectivity index (χ1v) is 10.4. The highest BCUT2D eigenvalue weighted by atomic mass is 127. The number of pyridine rings is 1. The van der Waals surface area contributed by atoms with Gasteiger partial charge in [-0.1, -0.05) is 30.3 Å². The quantitative estimate of drug-likeness (QED) is 0.217. The van der Waals surface area contributed by atoms with Crippen molar-refractivity contribution in [2.45, 2.75) is 33.4 Å². The normalized spacial score (nSPS) is 10.9. The molecular formula is C23H30IN7O. The van der Waals surface area contributed by atoms with Gasteiger partial charge in [0.2, 0.25) is 5.91 Å². The van der Waals surface area contributed by atoms with Crippen LogP contribution in [0.3, 0.4) is 0 Å². The van der Waals surface area contributed by atoms with Gasteiger partial charge in [-0.25, -0.2) is 9.98 Å². The fourth-order valence-corrected chi connectivity index (χ4v) is 2.98. The highest BCUT2D eigenvalue weighted by molar-refractivity contribution is 14.0. The van der Waals surface area contributed by atoms with E-state index in [0.29, 0.717) is 37.8 Å². The first-order valence-electron chi connectivity index (χ1n) is 10.4. The van der Waals surface area contributed by atoms with Crippen molar-refractivity contribution in [3.05, 3.63) is 77.7 Å². The van der Waals surface area contributed by atoms with Crippen LogP contribution in [0, 0.1) is 6.92 Å². The zero-order chi connectivity index (χ0) is 21.9. The zero-order valence-electron chi connectivity index (χ0n) is 18.4. The van der Waals surface area contributed by atoms with E-state index in [-0.39, 0.29) is 29.9 Å². The molecule has 32 heavy (non-hydrogen) atoms. The van der Waals surface area contributed by atoms with E-state index in [4.69, 9.17) is 0 Å². The first kappa shape index (κ1) is 25.3. The Bertz CT molecular complexity index is 988. The van der Waals surface area contributed by atoms with Crippen molar-refractivity contribution in [3.8, 4) is 0 Å². The molecule has 0 saturated carbocycles. The minimum Gasteiger partial charge on any atom is -0.357 e. The molecule has 0 radical (unpaired) electrons. The molecule has 0 aliphatic heterocycles. The Morgan fingerprint density at radius 2 is 1.91 bits per heavy atom. The summed E-state index contributed by atoms with van der Waals surface area (Å²) in [6.07, 6.45) is 5.77. The smallest absolute Gasteiger partial charge is 0.227 e. The molecule has 8 nitrogen and oxygen atoms in total. The Balaban J connectivity index is 0.00000363. The number of aryl methyl sites for hydroxylation is 1. The van der Waals surface area contributed by atoms with Gasteiger partial charge in [-0.2, -0.15) is 5.10 Å². The second kappa shape index (κ2) is 13.5. The molecule has 0 bridgehead atoms. The summed E-state index contributed by atoms with van der Waals surface area (Å²) < 4.78 is 1.90. The summed E-state index contributed by atoms with van der Waals surface area (Å²) in [7, 11) is 0. The standard InChI is InChI=1S/C23H29N7O.HI/c1-3-24-23(25-13-11-22(31)29-21-10-9-18(2)15-26-21)27-16-19-7-4-5-8-20(19)17-30-14-6-12-28-30;/h4-10,12,14-15H,3,11,13,16-17H2,1-2H3,(H2,24,25,27)(H,26,29,31);1H. The van der Waals surface area contributed by atoms with Crippen molar-refractivity contribution in [2.75, 3.05) is 18.4 Å². The van der Waals surface area contributed by atoms with Gasteiger partial charge in [0.1, 0.15) is 5.82 Å². The van der Waals surface area contributed by atoms with Crippen LogP contribution in [-0.4, -0.2) is 39.7 Å². The van der Waals surface area contributed by atoms with Crippen molar-refractivity contribution in [1.29, 1.82) is 0 Å². The number of benzene rings is 1. The lowest BCUT2D eigenvalue weighted by molar-refractivity contribution is -0.116. The van der Waals surface area contributed by atoms with Crippen molar-refractivity contribution < 1.29 is 4.79 Å². The number of rotatable bonds is 9. The number of anilines is 1. The lowest BCUT2D eigenvalue weighted by atomic mass is 10.1. The lowest BCUT2D eigenvalue weighted by Gasteiger charge is -2.12. The molecule has 0 saturated heterocycles. The molecule has 0 spiro atoms. The van der Waals surface area contributed by atoms with E-state index < -0.39 is 0 Å². The number of aliphatic imine (C=N–C) groups is 1. The third kappa shape index (κ3) is 8.29. The molecule has 1 amide bonds. The Hall–Kier alpha value is -2.95. The summed E-state index contributed by atoms with van der Waals surface area (Å²) in [5.41, 5.74) is 3.37. The Kier molecular flexibility index (Phi) is 10.6. The first-order chi connectivity index (χ1) is 15.1. The monoisotopic (exact) mass is 547 g/mol. The molecule has 0 aliphatic carbocycles. The van der Waals surface area contributed by atoms with Gasteiger partial charge in [0, 0.05) is 38.1 Å². The van der Waals surface area contributed by atoms with Crippen molar-refractivity contribution >= 4 is 41.7 Å². The van der Waals surface area contributed by atoms with Gasteiger partial charge in [-0.3, -0.25) is 9.48 Å². The average Bonchev–Trinajstić information content (AvgIpc) is 3.28. The van der Waals surface area contributed by atoms with Crippen LogP contribution in [0.1, 0.15) is 30.0 Å². The Morgan fingerprint density at radius 1 is 1.09 bits per heavy atom. The number of hydrogen-bond donors (Lipinski definition) is 3. The minimum absolute atomic E-state index is 0. The molecule has 0 unspecified atom stereocenters. The molecule has 0 atom stereocenters. The van der Waals surface area contributed by atoms with E-state index in [9.17, 15) is 4.79 Å². The Morgan fingerprint density at radius 3 is 2.59 bits per heavy atom. The molecular weight excluding hydrogens is 517 g/mol. The number of nitrogens with one attached hydrogen (secondary N) is 3. The van der Waals surface area contributed by atoms with Crippen LogP contribution in [0.2, 0.25) is 0 Å². The molecule has 9 heteroatoms. The Labute approximate surface area is 206 Å². The van der Waals surface area contributed by atoms with Crippen LogP contribution >= 0.6 is 24.0 Å². The van der Waals surface area contributed by atoms with Crippen LogP contribution in [0.4, 0.5) is 5.82 Å². The summed E-state index contributed by atoms with van der Waals surface area (Å²) in [5, 5.41) is 13.5. The molecule has 3 N–H and O–H groups in total. The highest BCUT2D eigenvalue weighted by Crippen LogP contribution is 2.11. The number of hydrogen-bond acceptors (Lipinski definition) is 4. The maximum absolute atomic E-state index is 12.2. The average molecular weight is 547 g/mol. The molecule has 170 valence electrons. The van der Waals surface area contributed by atoms with Gasteiger partial charge in [-0.15, -0.1) is 24.0 Å². The second-order valence-corrected chi connectivity index (χ2v) is 7.11. The zero-order valence-corrected chi connectivity index (χ0v) is 20.7. The second-order valence-electron chi connectivity index (χ2n) is 7.11. The number of amides is 1. The van der Waals surface area contributed by atoms with E-state index in [0.717, 1.165) is 17.7 Å². The van der Waals surface area contributed by atoms with Crippen molar-refractivity contribution in [2.24, 2.45) is 4.99 Å². The van der Waals surface area contributed by atoms with Crippen molar-refractivity contribution in [3.63, 3.8) is 0 Å². The predicted molar refractivity (Wildman–Crippen MR) is 138 cm³/mol. The SMILES string of the molecule is CCNC(=NCc1ccccc1Cn1cccn1)NCCC(=O)Nc1ccc(C)cn1.I. The summed E-state index contributed by atoms with van der Waals surface area (Å²) in [4.78, 5) is 21.0. The number of nitrogens with zero attached hydrogens (tertiary/aromatic N) is 4. The number of halogens is 1. The lowest BCUT2D eigenvalue weighted by Crippen LogP contribution is -2.38. The van der Waals surface area contributed by atoms with E-state index in [1.165, 1.54) is 5.56 Å². The fourth-order valence-electron chi connectivity index (χ4n) is 2.98. The summed E-state index contributed by atoms with van der Waals surface area (Å²) in [5.74, 6) is 1.15. The summed E-state index contributed by atoms with van der Waals surface area (Å²) >= 11 is 0. The third-order valence-electron chi connectivity index (χ3n) is 4.59. The van der Waals surface area contributed by atoms with Gasteiger partial charge < -0.3 is 16.0 Å². The molecule has 1 aromatic carbocycles.